The van der Waals surface area contributed by atoms with Gasteiger partial charge in [-0.2, -0.15) is 0 Å². The number of carboxylic acids is 4. The largest absolute Gasteiger partial charge is 0.508 e. The lowest BCUT2D eigenvalue weighted by Crippen LogP contribution is -2.43. The number of aliphatic carboxylic acids is 4. The number of amides is 4. The minimum atomic E-state index is -1.51. The van der Waals surface area contributed by atoms with Crippen LogP contribution in [0.2, 0.25) is 0 Å². The molecule has 6 aromatic carbocycles. The topological polar surface area (TPSA) is 306 Å². The molecule has 6 aromatic rings. The second kappa shape index (κ2) is 23.6. The number of carboxylic acid groups (broad SMARTS) is 4. The Bertz CT molecular complexity index is 2740. The Morgan fingerprint density at radius 1 is 0.324 bits per heavy atom. The summed E-state index contributed by atoms with van der Waals surface area (Å²) in [4.78, 5) is 106. The van der Waals surface area contributed by atoms with Gasteiger partial charge in [-0.1, -0.05) is 84.9 Å². The molecule has 0 spiro atoms. The first-order chi connectivity index (χ1) is 33.9. The quantitative estimate of drug-likeness (QED) is 0.0452. The van der Waals surface area contributed by atoms with Gasteiger partial charge in [0.05, 0.1) is 0 Å². The molecule has 0 fully saturated rings. The molecule has 0 radical (unpaired) electrons. The van der Waals surface area contributed by atoms with Gasteiger partial charge in [-0.25, -0.2) is 19.2 Å². The van der Waals surface area contributed by atoms with Crippen LogP contribution in [0.1, 0.15) is 74.8 Å². The van der Waals surface area contributed by atoms with Crippen LogP contribution in [0, 0.1) is 0 Å². The Balaban J connectivity index is 1.39. The van der Waals surface area contributed by atoms with Crippen LogP contribution in [-0.2, 0) is 51.3 Å². The number of hydrogen-bond acceptors (Lipinski definition) is 10. The molecule has 0 bridgehead atoms. The smallest absolute Gasteiger partial charge is 0.326 e. The highest BCUT2D eigenvalue weighted by Gasteiger charge is 2.27. The third-order valence-corrected chi connectivity index (χ3v) is 11.2. The van der Waals surface area contributed by atoms with Crippen molar-refractivity contribution in [1.29, 1.82) is 0 Å². The summed E-state index contributed by atoms with van der Waals surface area (Å²) in [6.45, 7) is 0. The molecular weight excluding hydrogens is 917 g/mol. The summed E-state index contributed by atoms with van der Waals surface area (Å²) < 4.78 is 0. The van der Waals surface area contributed by atoms with Gasteiger partial charge in [-0.05, 0) is 100 Å². The second-order valence-corrected chi connectivity index (χ2v) is 16.6. The summed E-state index contributed by atoms with van der Waals surface area (Å²) in [5.41, 5.74) is 1.48. The van der Waals surface area contributed by atoms with Gasteiger partial charge in [-0.15, -0.1) is 0 Å². The van der Waals surface area contributed by atoms with Gasteiger partial charge >= 0.3 is 23.9 Å². The van der Waals surface area contributed by atoms with Gasteiger partial charge in [-0.3, -0.25) is 19.2 Å². The number of carbonyl (C=O) groups excluding carboxylic acids is 4. The number of carbonyl (C=O) groups is 8. The number of nitrogens with one attached hydrogen (secondary N) is 4. The fourth-order valence-corrected chi connectivity index (χ4v) is 7.55. The van der Waals surface area contributed by atoms with Crippen LogP contribution in [0.5, 0.6) is 11.5 Å². The lowest BCUT2D eigenvalue weighted by atomic mass is 9.95. The lowest BCUT2D eigenvalue weighted by Gasteiger charge is -2.18. The summed E-state index contributed by atoms with van der Waals surface area (Å²) >= 11 is 0. The highest BCUT2D eigenvalue weighted by molar-refractivity contribution is 6.03. The molecule has 364 valence electrons. The van der Waals surface area contributed by atoms with E-state index in [0.717, 1.165) is 12.1 Å². The minimum absolute atomic E-state index is 0.0700. The van der Waals surface area contributed by atoms with E-state index in [1.165, 1.54) is 72.8 Å². The normalized spacial score (nSPS) is 12.5. The number of aromatic hydroxyl groups is 2. The van der Waals surface area contributed by atoms with Gasteiger partial charge in [0, 0.05) is 47.9 Å². The molecule has 18 nitrogen and oxygen atoms in total. The molecule has 0 aliphatic heterocycles. The third-order valence-electron chi connectivity index (χ3n) is 11.2. The Morgan fingerprint density at radius 2 is 0.563 bits per heavy atom. The second-order valence-electron chi connectivity index (χ2n) is 16.6. The van der Waals surface area contributed by atoms with Crippen molar-refractivity contribution in [2.75, 3.05) is 0 Å². The fourth-order valence-electron chi connectivity index (χ4n) is 7.55. The molecule has 4 unspecified atom stereocenters. The first-order valence-electron chi connectivity index (χ1n) is 22.0. The maximum absolute atomic E-state index is 14.0. The van der Waals surface area contributed by atoms with Crippen LogP contribution in [0.25, 0.3) is 0 Å². The molecule has 0 heterocycles. The summed E-state index contributed by atoms with van der Waals surface area (Å²) in [5.74, 6) is -9.45. The standard InChI is InChI=1S/C53H48N4O14/c58-40-15-11-32(12-16-40)26-44(52(68)69)56-48(62)38-22-35(23-39(29-38)49(63)57-45(53(70)71)27-33-13-17-41(59)18-14-33)19-34-20-36(46(60)54-42(50(64)65)24-30-7-3-1-4-8-30)28-37(21-34)47(61)55-43(51(66)67)25-31-9-5-2-6-10-31/h1-18,20-23,28-29,42-45,58-59H,19,24-27H2,(H,54,60)(H,55,61)(H,56,62)(H,57,63)(H,64,65)(H,66,67)(H,68,69)(H,70,71). The number of phenols is 2. The van der Waals surface area contributed by atoms with E-state index >= 15 is 0 Å². The molecule has 0 aromatic heterocycles. The first-order valence-corrected chi connectivity index (χ1v) is 22.0. The zero-order valence-electron chi connectivity index (χ0n) is 37.7. The molecule has 71 heavy (non-hydrogen) atoms. The van der Waals surface area contributed by atoms with Crippen molar-refractivity contribution >= 4 is 47.5 Å². The molecule has 4 amide bonds. The van der Waals surface area contributed by atoms with Crippen molar-refractivity contribution < 1.29 is 69.0 Å². The van der Waals surface area contributed by atoms with Crippen molar-refractivity contribution in [3.8, 4) is 11.5 Å². The molecule has 0 saturated carbocycles. The highest BCUT2D eigenvalue weighted by Crippen LogP contribution is 2.21. The van der Waals surface area contributed by atoms with Gasteiger partial charge in [0.15, 0.2) is 0 Å². The van der Waals surface area contributed by atoms with E-state index in [1.807, 2.05) is 0 Å². The summed E-state index contributed by atoms with van der Waals surface area (Å²) in [6, 6.07) is 29.9. The number of phenolic OH excluding ortho intramolecular Hbond substituents is 2. The molecule has 6 rings (SSSR count). The predicted molar refractivity (Wildman–Crippen MR) is 255 cm³/mol. The van der Waals surface area contributed by atoms with E-state index in [4.69, 9.17) is 0 Å². The zero-order valence-corrected chi connectivity index (χ0v) is 37.7. The zero-order chi connectivity index (χ0) is 51.2. The number of rotatable bonds is 22. The van der Waals surface area contributed by atoms with Crippen molar-refractivity contribution in [2.45, 2.75) is 56.3 Å². The van der Waals surface area contributed by atoms with E-state index in [0.29, 0.717) is 22.3 Å². The summed E-state index contributed by atoms with van der Waals surface area (Å²) in [6.07, 6.45) is -0.914. The predicted octanol–water partition coefficient (Wildman–Crippen LogP) is 4.39. The van der Waals surface area contributed by atoms with Crippen LogP contribution < -0.4 is 21.3 Å². The van der Waals surface area contributed by atoms with Gasteiger partial charge in [0.25, 0.3) is 23.6 Å². The average molecular weight is 965 g/mol. The SMILES string of the molecule is O=C(NC(Cc1ccccc1)C(=O)O)c1cc(Cc2cc(C(=O)NC(Cc3ccc(O)cc3)C(=O)O)cc(C(=O)NC(Cc3ccc(O)cc3)C(=O)O)c2)cc(C(=O)NC(Cc2ccccc2)C(=O)O)c1. The minimum Gasteiger partial charge on any atom is -0.508 e. The monoisotopic (exact) mass is 964 g/mol. The van der Waals surface area contributed by atoms with Gasteiger partial charge < -0.3 is 51.9 Å². The van der Waals surface area contributed by atoms with Crippen molar-refractivity contribution in [1.82, 2.24) is 21.3 Å². The van der Waals surface area contributed by atoms with Crippen molar-refractivity contribution in [3.63, 3.8) is 0 Å². The summed E-state index contributed by atoms with van der Waals surface area (Å²) in [7, 11) is 0. The third kappa shape index (κ3) is 14.8. The van der Waals surface area contributed by atoms with Crippen LogP contribution in [-0.4, -0.2) is 102 Å². The van der Waals surface area contributed by atoms with E-state index in [2.05, 4.69) is 21.3 Å². The lowest BCUT2D eigenvalue weighted by molar-refractivity contribution is -0.140. The maximum atomic E-state index is 14.0. The van der Waals surface area contributed by atoms with Gasteiger partial charge in [0.2, 0.25) is 0 Å². The van der Waals surface area contributed by atoms with E-state index in [-0.39, 0.29) is 77.0 Å². The highest BCUT2D eigenvalue weighted by atomic mass is 16.4. The van der Waals surface area contributed by atoms with E-state index in [9.17, 15) is 69.0 Å². The Morgan fingerprint density at radius 3 is 0.803 bits per heavy atom. The van der Waals surface area contributed by atoms with Crippen molar-refractivity contribution in [2.24, 2.45) is 0 Å². The molecule has 0 aliphatic carbocycles. The maximum Gasteiger partial charge on any atom is 0.326 e. The summed E-state index contributed by atoms with van der Waals surface area (Å²) in [5, 5.41) is 69.6. The van der Waals surface area contributed by atoms with Gasteiger partial charge in [0.1, 0.15) is 35.7 Å². The molecular formula is C53H48N4O14. The number of benzene rings is 6. The van der Waals surface area contributed by atoms with Crippen LogP contribution >= 0.6 is 0 Å². The Hall–Kier alpha value is -9.32. The first kappa shape index (κ1) is 51.1. The number of hydrogen-bond donors (Lipinski definition) is 10. The van der Waals surface area contributed by atoms with E-state index in [1.54, 1.807) is 60.7 Å². The molecule has 4 atom stereocenters. The van der Waals surface area contributed by atoms with Crippen LogP contribution in [0.4, 0.5) is 0 Å². The van der Waals surface area contributed by atoms with Crippen LogP contribution in [0.3, 0.4) is 0 Å². The van der Waals surface area contributed by atoms with E-state index < -0.39 is 71.7 Å². The fraction of sp³-hybridized carbons (Fsp3) is 0.170. The Labute approximate surface area is 405 Å². The average Bonchev–Trinajstić information content (AvgIpc) is 3.34. The molecule has 18 heteroatoms. The van der Waals surface area contributed by atoms with Crippen LogP contribution in [0.15, 0.2) is 146 Å². The molecule has 0 aliphatic rings. The molecule has 10 N–H and O–H groups in total. The van der Waals surface area contributed by atoms with Crippen molar-refractivity contribution in [3.05, 3.63) is 201 Å². The molecule has 0 saturated heterocycles. The Kier molecular flexibility index (Phi) is 17.0.